The lowest BCUT2D eigenvalue weighted by atomic mass is 10.1. The number of nitrogens with zero attached hydrogens (tertiary/aromatic N) is 4. The molecule has 4 rings (SSSR count). The molecule has 3 N–H and O–H groups in total. The van der Waals surface area contributed by atoms with Gasteiger partial charge in [0.25, 0.3) is 0 Å². The van der Waals surface area contributed by atoms with Gasteiger partial charge in [0, 0.05) is 23.7 Å². The van der Waals surface area contributed by atoms with Gasteiger partial charge in [-0.1, -0.05) is 24.3 Å². The average Bonchev–Trinajstić information content (AvgIpc) is 3.21. The molecule has 4 aromatic rings. The number of hydrogen-bond acceptors (Lipinski definition) is 5. The van der Waals surface area contributed by atoms with E-state index < -0.39 is 17.6 Å². The number of nitrogens with one attached hydrogen (secondary N) is 1. The highest BCUT2D eigenvalue weighted by Gasteiger charge is 2.30. The van der Waals surface area contributed by atoms with Gasteiger partial charge in [0.2, 0.25) is 5.91 Å². The van der Waals surface area contributed by atoms with Crippen LogP contribution in [-0.4, -0.2) is 25.4 Å². The van der Waals surface area contributed by atoms with Gasteiger partial charge in [0.15, 0.2) is 17.3 Å². The highest BCUT2D eigenvalue weighted by molar-refractivity contribution is 5.93. The number of halogens is 3. The first-order chi connectivity index (χ1) is 15.6. The fourth-order valence-corrected chi connectivity index (χ4v) is 3.37. The smallest absolute Gasteiger partial charge is 0.366 e. The highest BCUT2D eigenvalue weighted by atomic mass is 19.4. The van der Waals surface area contributed by atoms with Crippen LogP contribution in [0.1, 0.15) is 41.4 Å². The first-order valence-corrected chi connectivity index (χ1v) is 10.2. The molecule has 0 aliphatic carbocycles. The van der Waals surface area contributed by atoms with Crippen LogP contribution in [0.2, 0.25) is 0 Å². The molecular weight excluding hydrogens is 433 g/mol. The van der Waals surface area contributed by atoms with E-state index in [0.717, 1.165) is 12.1 Å². The second kappa shape index (κ2) is 8.53. The SMILES string of the molecule is CC(C)n1cnc2c(NCc3cccc(C(F)(F)F)c3)nc(-c3ccc(C(N)=O)cc3)nc21. The molecule has 2 heterocycles. The minimum Gasteiger partial charge on any atom is -0.366 e. The van der Waals surface area contributed by atoms with Crippen molar-refractivity contribution < 1.29 is 18.0 Å². The molecule has 33 heavy (non-hydrogen) atoms. The van der Waals surface area contributed by atoms with E-state index in [9.17, 15) is 18.0 Å². The van der Waals surface area contributed by atoms with Crippen LogP contribution in [0.15, 0.2) is 54.9 Å². The van der Waals surface area contributed by atoms with Crippen LogP contribution >= 0.6 is 0 Å². The summed E-state index contributed by atoms with van der Waals surface area (Å²) in [5.74, 6) is 0.234. The average molecular weight is 454 g/mol. The normalized spacial score (nSPS) is 11.8. The molecule has 0 fully saturated rings. The van der Waals surface area contributed by atoms with Crippen LogP contribution in [0.4, 0.5) is 19.0 Å². The molecule has 2 aromatic carbocycles. The van der Waals surface area contributed by atoms with Gasteiger partial charge in [0.05, 0.1) is 11.9 Å². The van der Waals surface area contributed by atoms with Crippen LogP contribution in [-0.2, 0) is 12.7 Å². The van der Waals surface area contributed by atoms with Gasteiger partial charge in [-0.2, -0.15) is 13.2 Å². The molecule has 0 bridgehead atoms. The number of alkyl halides is 3. The fourth-order valence-electron chi connectivity index (χ4n) is 3.37. The lowest BCUT2D eigenvalue weighted by Crippen LogP contribution is -2.10. The summed E-state index contributed by atoms with van der Waals surface area (Å²) < 4.78 is 41.0. The molecular formula is C23H21F3N6O. The first kappa shape index (κ1) is 22.3. The van der Waals surface area contributed by atoms with E-state index in [0.29, 0.717) is 39.5 Å². The zero-order chi connectivity index (χ0) is 23.8. The number of amides is 1. The Bertz CT molecular complexity index is 1310. The Kier molecular flexibility index (Phi) is 5.75. The summed E-state index contributed by atoms with van der Waals surface area (Å²) in [5.41, 5.74) is 7.15. The number of anilines is 1. The van der Waals surface area contributed by atoms with Crippen LogP contribution in [0.25, 0.3) is 22.6 Å². The van der Waals surface area contributed by atoms with E-state index in [-0.39, 0.29) is 12.6 Å². The Morgan fingerprint density at radius 3 is 2.48 bits per heavy atom. The van der Waals surface area contributed by atoms with E-state index >= 15 is 0 Å². The Balaban J connectivity index is 1.73. The van der Waals surface area contributed by atoms with Crippen molar-refractivity contribution in [3.05, 3.63) is 71.5 Å². The zero-order valence-electron chi connectivity index (χ0n) is 17.9. The molecule has 7 nitrogen and oxygen atoms in total. The molecule has 0 radical (unpaired) electrons. The summed E-state index contributed by atoms with van der Waals surface area (Å²) in [6, 6.07) is 11.7. The number of benzene rings is 2. The van der Waals surface area contributed by atoms with E-state index in [1.54, 1.807) is 36.7 Å². The highest BCUT2D eigenvalue weighted by Crippen LogP contribution is 2.30. The van der Waals surface area contributed by atoms with Gasteiger partial charge in [0.1, 0.15) is 5.52 Å². The number of primary amides is 1. The Morgan fingerprint density at radius 2 is 1.85 bits per heavy atom. The van der Waals surface area contributed by atoms with Gasteiger partial charge in [-0.15, -0.1) is 0 Å². The van der Waals surface area contributed by atoms with E-state index in [1.807, 2.05) is 18.4 Å². The molecule has 0 atom stereocenters. The number of fused-ring (bicyclic) bond motifs is 1. The quantitative estimate of drug-likeness (QED) is 0.436. The molecule has 0 aliphatic heterocycles. The van der Waals surface area contributed by atoms with E-state index in [4.69, 9.17) is 5.73 Å². The van der Waals surface area contributed by atoms with Crippen molar-refractivity contribution in [2.75, 3.05) is 5.32 Å². The van der Waals surface area contributed by atoms with Crippen molar-refractivity contribution in [1.29, 1.82) is 0 Å². The molecule has 0 saturated heterocycles. The summed E-state index contributed by atoms with van der Waals surface area (Å²) in [5, 5.41) is 3.11. The lowest BCUT2D eigenvalue weighted by Gasteiger charge is -2.12. The Labute approximate surface area is 187 Å². The lowest BCUT2D eigenvalue weighted by molar-refractivity contribution is -0.137. The summed E-state index contributed by atoms with van der Waals surface area (Å²) >= 11 is 0. The Hall–Kier alpha value is -3.95. The number of rotatable bonds is 6. The fraction of sp³-hybridized carbons (Fsp3) is 0.217. The third-order valence-electron chi connectivity index (χ3n) is 5.12. The topological polar surface area (TPSA) is 98.7 Å². The van der Waals surface area contributed by atoms with Gasteiger partial charge < -0.3 is 15.6 Å². The number of aromatic nitrogens is 4. The zero-order valence-corrected chi connectivity index (χ0v) is 17.9. The first-order valence-electron chi connectivity index (χ1n) is 10.2. The molecule has 10 heteroatoms. The number of imidazole rings is 1. The van der Waals surface area contributed by atoms with Crippen LogP contribution < -0.4 is 11.1 Å². The number of hydrogen-bond donors (Lipinski definition) is 2. The van der Waals surface area contributed by atoms with Gasteiger partial charge >= 0.3 is 6.18 Å². The van der Waals surface area contributed by atoms with Crippen LogP contribution in [0, 0.1) is 0 Å². The van der Waals surface area contributed by atoms with E-state index in [2.05, 4.69) is 20.3 Å². The molecule has 0 unspecified atom stereocenters. The largest absolute Gasteiger partial charge is 0.416 e. The Morgan fingerprint density at radius 1 is 1.12 bits per heavy atom. The van der Waals surface area contributed by atoms with E-state index in [1.165, 1.54) is 6.07 Å². The van der Waals surface area contributed by atoms with Gasteiger partial charge in [-0.25, -0.2) is 15.0 Å². The van der Waals surface area contributed by atoms with Crippen molar-refractivity contribution in [2.45, 2.75) is 32.6 Å². The van der Waals surface area contributed by atoms with Crippen molar-refractivity contribution in [2.24, 2.45) is 5.73 Å². The van der Waals surface area contributed by atoms with Crippen molar-refractivity contribution in [3.63, 3.8) is 0 Å². The molecule has 2 aromatic heterocycles. The molecule has 0 saturated carbocycles. The molecule has 170 valence electrons. The van der Waals surface area contributed by atoms with Crippen molar-refractivity contribution >= 4 is 22.9 Å². The maximum atomic E-state index is 13.1. The minimum atomic E-state index is -4.42. The number of carbonyl (C=O) groups is 1. The molecule has 1 amide bonds. The third kappa shape index (κ3) is 4.64. The number of nitrogens with two attached hydrogens (primary N) is 1. The van der Waals surface area contributed by atoms with Gasteiger partial charge in [-0.05, 0) is 43.7 Å². The molecule has 0 spiro atoms. The van der Waals surface area contributed by atoms with Crippen LogP contribution in [0.3, 0.4) is 0 Å². The predicted octanol–water partition coefficient (Wildman–Crippen LogP) is 4.80. The second-order valence-corrected chi connectivity index (χ2v) is 7.81. The monoisotopic (exact) mass is 454 g/mol. The predicted molar refractivity (Wildman–Crippen MR) is 118 cm³/mol. The maximum Gasteiger partial charge on any atom is 0.416 e. The van der Waals surface area contributed by atoms with Crippen molar-refractivity contribution in [1.82, 2.24) is 19.5 Å². The second-order valence-electron chi connectivity index (χ2n) is 7.81. The van der Waals surface area contributed by atoms with Crippen LogP contribution in [0.5, 0.6) is 0 Å². The summed E-state index contributed by atoms with van der Waals surface area (Å²) in [7, 11) is 0. The third-order valence-corrected chi connectivity index (χ3v) is 5.12. The maximum absolute atomic E-state index is 13.1. The standard InChI is InChI=1S/C23H21F3N6O/c1-13(2)32-12-29-18-21(28-11-14-4-3-5-17(10-14)23(24,25)26)30-20(31-22(18)32)16-8-6-15(7-9-16)19(27)33/h3-10,12-13H,11H2,1-2H3,(H2,27,33)(H,28,30,31). The molecule has 0 aliphatic rings. The minimum absolute atomic E-state index is 0.0753. The summed E-state index contributed by atoms with van der Waals surface area (Å²) in [4.78, 5) is 25.0. The van der Waals surface area contributed by atoms with Gasteiger partial charge in [-0.3, -0.25) is 4.79 Å². The summed E-state index contributed by atoms with van der Waals surface area (Å²) in [6.07, 6.45) is -2.77. The summed E-state index contributed by atoms with van der Waals surface area (Å²) in [6.45, 7) is 4.09. The number of carbonyl (C=O) groups excluding carboxylic acids is 1. The van der Waals surface area contributed by atoms with Crippen molar-refractivity contribution in [3.8, 4) is 11.4 Å².